The summed E-state index contributed by atoms with van der Waals surface area (Å²) >= 11 is 0. The minimum atomic E-state index is -0.580. The van der Waals surface area contributed by atoms with Crippen molar-refractivity contribution in [2.24, 2.45) is 5.92 Å². The summed E-state index contributed by atoms with van der Waals surface area (Å²) in [4.78, 5) is 22.5. The summed E-state index contributed by atoms with van der Waals surface area (Å²) in [5.74, 6) is -0.197. The lowest BCUT2D eigenvalue weighted by molar-refractivity contribution is -0.385. The summed E-state index contributed by atoms with van der Waals surface area (Å²) in [6, 6.07) is 4.24. The Morgan fingerprint density at radius 3 is 2.86 bits per heavy atom. The van der Waals surface area contributed by atoms with Crippen LogP contribution < -0.4 is 10.1 Å². The maximum Gasteiger partial charge on any atom is 0.311 e. The molecule has 1 aromatic carbocycles. The van der Waals surface area contributed by atoms with Crippen molar-refractivity contribution in [3.05, 3.63) is 33.9 Å². The number of aliphatic hydroxyl groups excluding tert-OH is 1. The molecule has 0 spiro atoms. The van der Waals surface area contributed by atoms with Crippen LogP contribution in [0, 0.1) is 16.0 Å². The van der Waals surface area contributed by atoms with Gasteiger partial charge in [0.05, 0.1) is 23.7 Å². The summed E-state index contributed by atoms with van der Waals surface area (Å²) in [6.45, 7) is 0.446. The number of nitrogens with one attached hydrogen (secondary N) is 1. The molecule has 0 saturated heterocycles. The van der Waals surface area contributed by atoms with Gasteiger partial charge in [-0.1, -0.05) is 6.07 Å². The van der Waals surface area contributed by atoms with E-state index in [9.17, 15) is 20.0 Å². The Labute approximate surface area is 122 Å². The normalized spacial score (nSPS) is 21.0. The number of nitrogens with zero attached hydrogens (tertiary/aromatic N) is 1. The molecule has 7 heteroatoms. The van der Waals surface area contributed by atoms with Gasteiger partial charge in [0, 0.05) is 12.6 Å². The van der Waals surface area contributed by atoms with E-state index in [1.807, 2.05) is 0 Å². The second-order valence-corrected chi connectivity index (χ2v) is 5.16. The van der Waals surface area contributed by atoms with Crippen molar-refractivity contribution in [1.82, 2.24) is 5.32 Å². The van der Waals surface area contributed by atoms with Gasteiger partial charge in [-0.3, -0.25) is 14.9 Å². The van der Waals surface area contributed by atoms with Gasteiger partial charge in [-0.2, -0.15) is 0 Å². The molecule has 7 nitrogen and oxygen atoms in total. The summed E-state index contributed by atoms with van der Waals surface area (Å²) < 4.78 is 5.01. The van der Waals surface area contributed by atoms with Crippen molar-refractivity contribution in [2.45, 2.75) is 25.4 Å². The molecule has 2 N–H and O–H groups in total. The molecule has 1 aliphatic rings. The van der Waals surface area contributed by atoms with Gasteiger partial charge in [0.2, 0.25) is 5.75 Å². The summed E-state index contributed by atoms with van der Waals surface area (Å²) in [7, 11) is 1.30. The number of benzene rings is 1. The Kier molecular flexibility index (Phi) is 4.74. The van der Waals surface area contributed by atoms with Crippen molar-refractivity contribution >= 4 is 11.6 Å². The van der Waals surface area contributed by atoms with Gasteiger partial charge >= 0.3 is 5.69 Å². The van der Waals surface area contributed by atoms with Gasteiger partial charge in [0.25, 0.3) is 5.91 Å². The first kappa shape index (κ1) is 15.2. The van der Waals surface area contributed by atoms with Crippen molar-refractivity contribution in [1.29, 1.82) is 0 Å². The number of hydrogen-bond donors (Lipinski definition) is 2. The third kappa shape index (κ3) is 3.49. The van der Waals surface area contributed by atoms with E-state index in [4.69, 9.17) is 4.74 Å². The van der Waals surface area contributed by atoms with Gasteiger partial charge in [0.15, 0.2) is 0 Å². The van der Waals surface area contributed by atoms with E-state index in [0.29, 0.717) is 13.0 Å². The average molecular weight is 294 g/mol. The number of aliphatic hydroxyl groups is 1. The van der Waals surface area contributed by atoms with E-state index in [0.717, 1.165) is 12.8 Å². The highest BCUT2D eigenvalue weighted by Crippen LogP contribution is 2.30. The monoisotopic (exact) mass is 294 g/mol. The third-order valence-electron chi connectivity index (χ3n) is 3.70. The number of carbonyl (C=O) groups excluding carboxylic acids is 1. The maximum absolute atomic E-state index is 12.2. The molecule has 0 heterocycles. The van der Waals surface area contributed by atoms with Crippen LogP contribution in [-0.4, -0.2) is 35.7 Å². The van der Waals surface area contributed by atoms with Crippen LogP contribution in [0.25, 0.3) is 0 Å². The van der Waals surface area contributed by atoms with E-state index < -0.39 is 10.8 Å². The van der Waals surface area contributed by atoms with Gasteiger partial charge in [-0.25, -0.2) is 0 Å². The number of rotatable bonds is 5. The van der Waals surface area contributed by atoms with E-state index in [2.05, 4.69) is 5.32 Å². The van der Waals surface area contributed by atoms with E-state index >= 15 is 0 Å². The van der Waals surface area contributed by atoms with Crippen molar-refractivity contribution in [3.63, 3.8) is 0 Å². The number of ether oxygens (including phenoxy) is 1. The molecule has 21 heavy (non-hydrogen) atoms. The molecule has 2 atom stereocenters. The standard InChI is InChI=1S/C14H18N2O5/c1-21-13-11(3-2-4-12(13)16(19)20)14(18)15-8-9-5-6-10(17)7-9/h2-4,9-10,17H,5-8H2,1H3,(H,15,18). The largest absolute Gasteiger partial charge is 0.490 e. The lowest BCUT2D eigenvalue weighted by Gasteiger charge is -2.12. The van der Waals surface area contributed by atoms with Crippen LogP contribution >= 0.6 is 0 Å². The molecular weight excluding hydrogens is 276 g/mol. The number of methoxy groups -OCH3 is 1. The molecule has 0 radical (unpaired) electrons. The quantitative estimate of drug-likeness (QED) is 0.633. The lowest BCUT2D eigenvalue weighted by Crippen LogP contribution is -2.29. The molecular formula is C14H18N2O5. The number of amides is 1. The average Bonchev–Trinajstić information content (AvgIpc) is 2.89. The number of para-hydroxylation sites is 1. The molecule has 1 aliphatic carbocycles. The van der Waals surface area contributed by atoms with Crippen molar-refractivity contribution < 1.29 is 19.6 Å². The highest BCUT2D eigenvalue weighted by atomic mass is 16.6. The van der Waals surface area contributed by atoms with Crippen LogP contribution in [0.3, 0.4) is 0 Å². The second kappa shape index (κ2) is 6.53. The van der Waals surface area contributed by atoms with Gasteiger partial charge in [0.1, 0.15) is 0 Å². The molecule has 1 saturated carbocycles. The fourth-order valence-electron chi connectivity index (χ4n) is 2.63. The molecule has 1 aromatic rings. The first-order valence-electron chi connectivity index (χ1n) is 6.80. The lowest BCUT2D eigenvalue weighted by atomic mass is 10.1. The smallest absolute Gasteiger partial charge is 0.311 e. The van der Waals surface area contributed by atoms with Crippen LogP contribution in [0.5, 0.6) is 5.75 Å². The molecule has 2 rings (SSSR count). The Bertz CT molecular complexity index is 546. The SMILES string of the molecule is COc1c(C(=O)NCC2CCC(O)C2)cccc1[N+](=O)[O-]. The molecule has 1 fully saturated rings. The predicted octanol–water partition coefficient (Wildman–Crippen LogP) is 1.49. The van der Waals surface area contributed by atoms with Crippen LogP contribution in [0.2, 0.25) is 0 Å². The van der Waals surface area contributed by atoms with Crippen LogP contribution in [0.1, 0.15) is 29.6 Å². The highest BCUT2D eigenvalue weighted by Gasteiger charge is 2.25. The predicted molar refractivity (Wildman–Crippen MR) is 75.3 cm³/mol. The number of nitro groups is 1. The molecule has 2 unspecified atom stereocenters. The first-order chi connectivity index (χ1) is 10.0. The Hall–Kier alpha value is -2.15. The Balaban J connectivity index is 2.08. The second-order valence-electron chi connectivity index (χ2n) is 5.16. The molecule has 0 aromatic heterocycles. The summed E-state index contributed by atoms with van der Waals surface area (Å²) in [6.07, 6.45) is 2.00. The van der Waals surface area contributed by atoms with Gasteiger partial charge in [-0.15, -0.1) is 0 Å². The van der Waals surface area contributed by atoms with Crippen LogP contribution in [-0.2, 0) is 0 Å². The molecule has 114 valence electrons. The Morgan fingerprint density at radius 2 is 2.29 bits per heavy atom. The summed E-state index contributed by atoms with van der Waals surface area (Å²) in [5.41, 5.74) is -0.0910. The van der Waals surface area contributed by atoms with Crippen molar-refractivity contribution in [3.8, 4) is 5.75 Å². The number of nitro benzene ring substituents is 1. The zero-order valence-electron chi connectivity index (χ0n) is 11.7. The minimum absolute atomic E-state index is 0.0357. The molecule has 0 bridgehead atoms. The van der Waals surface area contributed by atoms with E-state index in [1.54, 1.807) is 0 Å². The highest BCUT2D eigenvalue weighted by molar-refractivity contribution is 5.98. The zero-order chi connectivity index (χ0) is 15.4. The molecule has 0 aliphatic heterocycles. The van der Waals surface area contributed by atoms with E-state index in [-0.39, 0.29) is 29.0 Å². The fourth-order valence-corrected chi connectivity index (χ4v) is 2.63. The fraction of sp³-hybridized carbons (Fsp3) is 0.500. The maximum atomic E-state index is 12.2. The molecule has 1 amide bonds. The van der Waals surface area contributed by atoms with Crippen LogP contribution in [0.4, 0.5) is 5.69 Å². The first-order valence-corrected chi connectivity index (χ1v) is 6.80. The number of hydrogen-bond acceptors (Lipinski definition) is 5. The topological polar surface area (TPSA) is 102 Å². The van der Waals surface area contributed by atoms with Gasteiger partial charge in [-0.05, 0) is 31.2 Å². The minimum Gasteiger partial charge on any atom is -0.490 e. The number of carbonyl (C=O) groups is 1. The third-order valence-corrected chi connectivity index (χ3v) is 3.70. The van der Waals surface area contributed by atoms with Crippen LogP contribution in [0.15, 0.2) is 18.2 Å². The van der Waals surface area contributed by atoms with Crippen molar-refractivity contribution in [2.75, 3.05) is 13.7 Å². The Morgan fingerprint density at radius 1 is 1.52 bits per heavy atom. The zero-order valence-corrected chi connectivity index (χ0v) is 11.7. The summed E-state index contributed by atoms with van der Waals surface area (Å²) in [5, 5.41) is 23.1. The van der Waals surface area contributed by atoms with E-state index in [1.165, 1.54) is 25.3 Å². The van der Waals surface area contributed by atoms with Gasteiger partial charge < -0.3 is 15.2 Å².